The normalized spacial score (nSPS) is 14.3. The fraction of sp³-hybridized carbons (Fsp3) is 0.652. The molecule has 1 rings (SSSR count). The molecule has 8 heteroatoms. The maximum Gasteiger partial charge on any atom is 0.408 e. The molecule has 0 heterocycles. The minimum absolute atomic E-state index is 0.0580. The van der Waals surface area contributed by atoms with Gasteiger partial charge in [0.15, 0.2) is 8.32 Å². The second-order valence-electron chi connectivity index (χ2n) is 10.1. The highest BCUT2D eigenvalue weighted by Gasteiger charge is 2.41. The van der Waals surface area contributed by atoms with Crippen LogP contribution in [0.25, 0.3) is 0 Å². The first-order valence-electron chi connectivity index (χ1n) is 10.6. The van der Waals surface area contributed by atoms with Crippen molar-refractivity contribution >= 4 is 14.4 Å². The first-order valence-corrected chi connectivity index (χ1v) is 13.5. The Hall–Kier alpha value is -2.08. The molecule has 0 aliphatic rings. The van der Waals surface area contributed by atoms with Crippen LogP contribution in [0.1, 0.15) is 59.6 Å². The lowest BCUT2D eigenvalue weighted by molar-refractivity contribution is 0.0368. The Kier molecular flexibility index (Phi) is 9.55. The predicted octanol–water partition coefficient (Wildman–Crippen LogP) is 4.93. The van der Waals surface area contributed by atoms with E-state index >= 15 is 0 Å². The summed E-state index contributed by atoms with van der Waals surface area (Å²) in [5, 5.41) is 21.5. The molecule has 2 atom stereocenters. The number of carbonyl (C=O) groups excluding carboxylic acids is 1. The van der Waals surface area contributed by atoms with Gasteiger partial charge in [-0.1, -0.05) is 32.9 Å². The van der Waals surface area contributed by atoms with Crippen molar-refractivity contribution in [3.8, 4) is 11.8 Å². The van der Waals surface area contributed by atoms with E-state index in [1.807, 2.05) is 18.2 Å². The van der Waals surface area contributed by atoms with E-state index in [4.69, 9.17) is 19.2 Å². The van der Waals surface area contributed by atoms with E-state index in [2.05, 4.69) is 39.2 Å². The van der Waals surface area contributed by atoms with Crippen LogP contribution >= 0.6 is 0 Å². The van der Waals surface area contributed by atoms with Gasteiger partial charge in [-0.3, -0.25) is 0 Å². The third kappa shape index (κ3) is 8.89. The molecule has 0 fully saturated rings. The summed E-state index contributed by atoms with van der Waals surface area (Å²) in [7, 11) is -2.24. The van der Waals surface area contributed by atoms with E-state index in [1.54, 1.807) is 32.9 Å². The molecule has 1 amide bonds. The molecule has 174 valence electrons. The number of hydrogen-bond donors (Lipinski definition) is 2. The highest BCUT2D eigenvalue weighted by Crippen LogP contribution is 2.40. The van der Waals surface area contributed by atoms with Crippen molar-refractivity contribution in [1.29, 1.82) is 5.26 Å². The number of carbonyl (C=O) groups is 1. The topological polar surface area (TPSA) is 101 Å². The van der Waals surface area contributed by atoms with Crippen molar-refractivity contribution < 1.29 is 23.8 Å². The maximum absolute atomic E-state index is 12.4. The average molecular weight is 451 g/mol. The van der Waals surface area contributed by atoms with Crippen LogP contribution in [-0.2, 0) is 9.16 Å². The van der Waals surface area contributed by atoms with Gasteiger partial charge in [0.05, 0.1) is 31.2 Å². The number of nitriles is 1. The number of aliphatic hydroxyl groups excluding tert-OH is 1. The van der Waals surface area contributed by atoms with Crippen LogP contribution in [0.15, 0.2) is 24.3 Å². The summed E-state index contributed by atoms with van der Waals surface area (Å²) in [4.78, 5) is 12.4. The van der Waals surface area contributed by atoms with Gasteiger partial charge >= 0.3 is 6.09 Å². The number of nitrogens with zero attached hydrogens (tertiary/aromatic N) is 1. The first kappa shape index (κ1) is 27.0. The first-order chi connectivity index (χ1) is 14.2. The monoisotopic (exact) mass is 450 g/mol. The number of alkyl carbamates (subject to hydrolysis) is 1. The predicted molar refractivity (Wildman–Crippen MR) is 123 cm³/mol. The molecule has 0 aromatic heterocycles. The van der Waals surface area contributed by atoms with E-state index in [0.29, 0.717) is 18.8 Å². The number of nitrogens with one attached hydrogen (secondary N) is 1. The molecule has 0 unspecified atom stereocenters. The lowest BCUT2D eigenvalue weighted by atomic mass is 10.0. The number of rotatable bonds is 9. The molecule has 7 nitrogen and oxygen atoms in total. The maximum atomic E-state index is 12.4. The Morgan fingerprint density at radius 3 is 2.19 bits per heavy atom. The second kappa shape index (κ2) is 11.0. The zero-order valence-electron chi connectivity index (χ0n) is 20.1. The Balaban J connectivity index is 3.18. The molecule has 0 bridgehead atoms. The number of ether oxygens (including phenoxy) is 2. The molecular weight excluding hydrogens is 412 g/mol. The van der Waals surface area contributed by atoms with Gasteiger partial charge in [-0.05, 0) is 56.6 Å². The van der Waals surface area contributed by atoms with Crippen molar-refractivity contribution in [2.24, 2.45) is 0 Å². The standard InChI is InChI=1S/C23H38N2O5Si/c1-22(2,3)29-21(27)25-19(16-26)20(30-31(7,8)23(4,5)6)17-10-12-18(13-11-17)28-15-9-14-24/h10-13,19-20,26H,9,15-16H2,1-8H3,(H,25,27)/t19-,20-/m1/s1. The summed E-state index contributed by atoms with van der Waals surface area (Å²) in [5.41, 5.74) is 0.162. The van der Waals surface area contributed by atoms with Crippen LogP contribution in [0.3, 0.4) is 0 Å². The van der Waals surface area contributed by atoms with Gasteiger partial charge in [0.2, 0.25) is 0 Å². The fourth-order valence-electron chi connectivity index (χ4n) is 2.52. The van der Waals surface area contributed by atoms with Crippen LogP contribution in [0.5, 0.6) is 5.75 Å². The summed E-state index contributed by atoms with van der Waals surface area (Å²) < 4.78 is 17.6. The van der Waals surface area contributed by atoms with E-state index in [0.717, 1.165) is 5.56 Å². The smallest absolute Gasteiger partial charge is 0.408 e. The van der Waals surface area contributed by atoms with Gasteiger partial charge < -0.3 is 24.3 Å². The van der Waals surface area contributed by atoms with Crippen molar-refractivity contribution in [1.82, 2.24) is 5.32 Å². The number of benzene rings is 1. The van der Waals surface area contributed by atoms with Crippen molar-refractivity contribution in [2.45, 2.75) is 83.8 Å². The quantitative estimate of drug-likeness (QED) is 0.409. The van der Waals surface area contributed by atoms with E-state index in [9.17, 15) is 9.90 Å². The van der Waals surface area contributed by atoms with Crippen LogP contribution in [0, 0.1) is 11.3 Å². The van der Waals surface area contributed by atoms with Crippen molar-refractivity contribution in [3.05, 3.63) is 29.8 Å². The summed E-state index contributed by atoms with van der Waals surface area (Å²) in [6.45, 7) is 16.0. The van der Waals surface area contributed by atoms with Crippen molar-refractivity contribution in [2.75, 3.05) is 13.2 Å². The highest BCUT2D eigenvalue weighted by atomic mass is 28.4. The van der Waals surface area contributed by atoms with Gasteiger partial charge in [-0.25, -0.2) is 4.79 Å². The molecule has 0 aliphatic carbocycles. The van der Waals surface area contributed by atoms with Gasteiger partial charge in [-0.15, -0.1) is 0 Å². The zero-order chi connectivity index (χ0) is 23.9. The minimum Gasteiger partial charge on any atom is -0.493 e. The Labute approximate surface area is 187 Å². The molecule has 0 saturated heterocycles. The van der Waals surface area contributed by atoms with Gasteiger partial charge in [0, 0.05) is 0 Å². The molecule has 0 radical (unpaired) electrons. The molecule has 1 aromatic carbocycles. The molecule has 0 spiro atoms. The Bertz CT molecular complexity index is 745. The number of hydrogen-bond acceptors (Lipinski definition) is 6. The highest BCUT2D eigenvalue weighted by molar-refractivity contribution is 6.74. The van der Waals surface area contributed by atoms with Gasteiger partial charge in [0.1, 0.15) is 18.0 Å². The molecule has 0 aliphatic heterocycles. The Morgan fingerprint density at radius 1 is 1.16 bits per heavy atom. The molecule has 2 N–H and O–H groups in total. The van der Waals surface area contributed by atoms with E-state index in [-0.39, 0.29) is 11.6 Å². The zero-order valence-corrected chi connectivity index (χ0v) is 21.1. The van der Waals surface area contributed by atoms with Crippen LogP contribution in [0.4, 0.5) is 4.79 Å². The van der Waals surface area contributed by atoms with Gasteiger partial charge in [-0.2, -0.15) is 5.26 Å². The fourth-order valence-corrected chi connectivity index (χ4v) is 3.81. The summed E-state index contributed by atoms with van der Waals surface area (Å²) in [5.74, 6) is 0.644. The van der Waals surface area contributed by atoms with Crippen LogP contribution in [-0.4, -0.2) is 44.4 Å². The van der Waals surface area contributed by atoms with E-state index in [1.165, 1.54) is 0 Å². The summed E-state index contributed by atoms with van der Waals surface area (Å²) >= 11 is 0. The molecule has 31 heavy (non-hydrogen) atoms. The third-order valence-corrected chi connectivity index (χ3v) is 9.64. The largest absolute Gasteiger partial charge is 0.493 e. The summed E-state index contributed by atoms with van der Waals surface area (Å²) in [6, 6.07) is 8.68. The number of amides is 1. The van der Waals surface area contributed by atoms with Crippen molar-refractivity contribution in [3.63, 3.8) is 0 Å². The molecule has 1 aromatic rings. The SMILES string of the molecule is CC(C)(C)OC(=O)N[C@H](CO)[C@H](O[Si](C)(C)C(C)(C)C)c1ccc(OCCC#N)cc1. The molecular formula is C23H38N2O5Si. The minimum atomic E-state index is -2.24. The van der Waals surface area contributed by atoms with Gasteiger partial charge in [0.25, 0.3) is 0 Å². The Morgan fingerprint density at radius 2 is 1.74 bits per heavy atom. The third-order valence-electron chi connectivity index (χ3n) is 5.18. The average Bonchev–Trinajstić information content (AvgIpc) is 2.63. The lowest BCUT2D eigenvalue weighted by Crippen LogP contribution is -2.50. The van der Waals surface area contributed by atoms with Crippen LogP contribution < -0.4 is 10.1 Å². The lowest BCUT2D eigenvalue weighted by Gasteiger charge is -2.41. The number of aliphatic hydroxyl groups is 1. The summed E-state index contributed by atoms with van der Waals surface area (Å²) in [6.07, 6.45) is -0.857. The molecule has 0 saturated carbocycles. The second-order valence-corrected chi connectivity index (χ2v) is 14.8. The van der Waals surface area contributed by atoms with E-state index < -0.39 is 32.2 Å². The van der Waals surface area contributed by atoms with Crippen LogP contribution in [0.2, 0.25) is 18.1 Å².